The Bertz CT molecular complexity index is 756. The molecule has 0 fully saturated rings. The Hall–Kier alpha value is -1.36. The van der Waals surface area contributed by atoms with Crippen LogP contribution in [0.4, 0.5) is 0 Å². The Morgan fingerprint density at radius 1 is 1.10 bits per heavy atom. The van der Waals surface area contributed by atoms with Crippen LogP contribution in [0, 0.1) is 6.92 Å². The second-order valence-corrected chi connectivity index (χ2v) is 7.53. The van der Waals surface area contributed by atoms with E-state index in [1.807, 2.05) is 31.2 Å². The molecule has 0 heterocycles. The van der Waals surface area contributed by atoms with E-state index in [2.05, 4.69) is 4.72 Å². The smallest absolute Gasteiger partial charge is 0.207 e. The largest absolute Gasteiger partial charge is 0.240 e. The average Bonchev–Trinajstić information content (AvgIpc) is 2.76. The van der Waals surface area contributed by atoms with Gasteiger partial charge in [0.05, 0.1) is 10.3 Å². The highest BCUT2D eigenvalue weighted by atomic mass is 35.5. The molecule has 0 bridgehead atoms. The molecule has 3 rings (SSSR count). The number of rotatable bonds is 3. The van der Waals surface area contributed by atoms with Crippen LogP contribution in [0.15, 0.2) is 53.4 Å². The van der Waals surface area contributed by atoms with Gasteiger partial charge in [-0.25, -0.2) is 13.1 Å². The minimum atomic E-state index is -3.55. The molecular formula is C16H16ClNO2S. The molecule has 2 aromatic rings. The Balaban J connectivity index is 1.83. The topological polar surface area (TPSA) is 46.2 Å². The maximum absolute atomic E-state index is 12.4. The van der Waals surface area contributed by atoms with Crippen LogP contribution >= 0.6 is 11.6 Å². The number of hydrogen-bond acceptors (Lipinski definition) is 2. The summed E-state index contributed by atoms with van der Waals surface area (Å²) in [5, 5.41) is -0.332. The summed E-state index contributed by atoms with van der Waals surface area (Å²) in [7, 11) is -3.55. The average molecular weight is 322 g/mol. The van der Waals surface area contributed by atoms with E-state index in [0.29, 0.717) is 6.42 Å². The van der Waals surface area contributed by atoms with Gasteiger partial charge in [-0.1, -0.05) is 42.0 Å². The summed E-state index contributed by atoms with van der Waals surface area (Å²) in [5.41, 5.74) is 3.14. The zero-order valence-corrected chi connectivity index (χ0v) is 13.2. The van der Waals surface area contributed by atoms with Gasteiger partial charge in [-0.15, -0.1) is 11.6 Å². The Labute approximate surface area is 130 Å². The van der Waals surface area contributed by atoms with Crippen molar-refractivity contribution in [2.75, 3.05) is 0 Å². The molecule has 0 saturated carbocycles. The summed E-state index contributed by atoms with van der Waals surface area (Å²) in [6.45, 7) is 1.92. The van der Waals surface area contributed by atoms with Gasteiger partial charge in [-0.05, 0) is 36.6 Å². The number of halogens is 1. The van der Waals surface area contributed by atoms with Gasteiger partial charge in [-0.3, -0.25) is 0 Å². The fourth-order valence-electron chi connectivity index (χ4n) is 2.63. The second kappa shape index (κ2) is 5.44. The molecule has 2 unspecified atom stereocenters. The lowest BCUT2D eigenvalue weighted by molar-refractivity contribution is 0.551. The standard InChI is InChI=1S/C16H16ClNO2S/c1-11-6-8-13(9-7-11)21(19,20)18-15-10-12-4-2-3-5-14(12)16(15)17/h2-9,15-16,18H,10H2,1H3. The molecule has 0 radical (unpaired) electrons. The number of sulfonamides is 1. The molecule has 2 atom stereocenters. The first-order valence-corrected chi connectivity index (χ1v) is 8.70. The zero-order chi connectivity index (χ0) is 15.0. The van der Waals surface area contributed by atoms with E-state index in [9.17, 15) is 8.42 Å². The minimum absolute atomic E-state index is 0.271. The van der Waals surface area contributed by atoms with Gasteiger partial charge in [-0.2, -0.15) is 0 Å². The van der Waals surface area contributed by atoms with Crippen LogP contribution < -0.4 is 4.72 Å². The molecule has 1 aliphatic carbocycles. The molecule has 3 nitrogen and oxygen atoms in total. The van der Waals surface area contributed by atoms with Crippen LogP contribution in [0.25, 0.3) is 0 Å². The van der Waals surface area contributed by atoms with Gasteiger partial charge in [0.25, 0.3) is 0 Å². The van der Waals surface area contributed by atoms with Crippen molar-refractivity contribution >= 4 is 21.6 Å². The third-order valence-corrected chi connectivity index (χ3v) is 5.83. The quantitative estimate of drug-likeness (QED) is 0.883. The fourth-order valence-corrected chi connectivity index (χ4v) is 4.32. The monoisotopic (exact) mass is 321 g/mol. The molecular weight excluding hydrogens is 306 g/mol. The maximum atomic E-state index is 12.4. The summed E-state index contributed by atoms with van der Waals surface area (Å²) in [6.07, 6.45) is 0.620. The Morgan fingerprint density at radius 3 is 2.43 bits per heavy atom. The lowest BCUT2D eigenvalue weighted by atomic mass is 10.1. The van der Waals surface area contributed by atoms with Gasteiger partial charge < -0.3 is 0 Å². The number of benzene rings is 2. The molecule has 0 aromatic heterocycles. The maximum Gasteiger partial charge on any atom is 0.240 e. The predicted octanol–water partition coefficient (Wildman–Crippen LogP) is 3.18. The van der Waals surface area contributed by atoms with Crippen molar-refractivity contribution in [3.63, 3.8) is 0 Å². The summed E-state index contributed by atoms with van der Waals surface area (Å²) in [5.74, 6) is 0. The molecule has 1 aliphatic rings. The Kier molecular flexibility index (Phi) is 3.78. The van der Waals surface area contributed by atoms with E-state index in [1.165, 1.54) is 0 Å². The number of alkyl halides is 1. The molecule has 110 valence electrons. The highest BCUT2D eigenvalue weighted by Crippen LogP contribution is 2.36. The second-order valence-electron chi connectivity index (χ2n) is 5.35. The van der Waals surface area contributed by atoms with Crippen LogP contribution in [0.2, 0.25) is 0 Å². The molecule has 0 saturated heterocycles. The van der Waals surface area contributed by atoms with Crippen molar-refractivity contribution in [2.45, 2.75) is 29.7 Å². The number of aryl methyl sites for hydroxylation is 1. The van der Waals surface area contributed by atoms with E-state index < -0.39 is 10.0 Å². The lowest BCUT2D eigenvalue weighted by Gasteiger charge is -2.16. The fraction of sp³-hybridized carbons (Fsp3) is 0.250. The molecule has 0 aliphatic heterocycles. The van der Waals surface area contributed by atoms with Crippen molar-refractivity contribution in [1.29, 1.82) is 0 Å². The van der Waals surface area contributed by atoms with E-state index in [-0.39, 0.29) is 16.3 Å². The van der Waals surface area contributed by atoms with Crippen LogP contribution in [0.3, 0.4) is 0 Å². The van der Waals surface area contributed by atoms with Gasteiger partial charge in [0.1, 0.15) is 0 Å². The van der Waals surface area contributed by atoms with Gasteiger partial charge in [0, 0.05) is 6.04 Å². The highest BCUT2D eigenvalue weighted by molar-refractivity contribution is 7.89. The van der Waals surface area contributed by atoms with Crippen LogP contribution in [0.1, 0.15) is 22.1 Å². The number of hydrogen-bond donors (Lipinski definition) is 1. The van der Waals surface area contributed by atoms with E-state index >= 15 is 0 Å². The van der Waals surface area contributed by atoms with Crippen molar-refractivity contribution in [1.82, 2.24) is 4.72 Å². The van der Waals surface area contributed by atoms with Crippen molar-refractivity contribution in [3.8, 4) is 0 Å². The first-order chi connectivity index (χ1) is 9.97. The van der Waals surface area contributed by atoms with E-state index in [0.717, 1.165) is 16.7 Å². The molecule has 1 N–H and O–H groups in total. The van der Waals surface area contributed by atoms with Gasteiger partial charge >= 0.3 is 0 Å². The van der Waals surface area contributed by atoms with Gasteiger partial charge in [0.2, 0.25) is 10.0 Å². The first-order valence-electron chi connectivity index (χ1n) is 6.78. The normalized spacial score (nSPS) is 21.2. The number of nitrogens with one attached hydrogen (secondary N) is 1. The molecule has 5 heteroatoms. The summed E-state index contributed by atoms with van der Waals surface area (Å²) < 4.78 is 27.6. The lowest BCUT2D eigenvalue weighted by Crippen LogP contribution is -2.36. The van der Waals surface area contributed by atoms with Crippen LogP contribution in [-0.2, 0) is 16.4 Å². The minimum Gasteiger partial charge on any atom is -0.207 e. The SMILES string of the molecule is Cc1ccc(S(=O)(=O)NC2Cc3ccccc3C2Cl)cc1. The van der Waals surface area contributed by atoms with E-state index in [1.54, 1.807) is 24.3 Å². The zero-order valence-electron chi connectivity index (χ0n) is 11.6. The van der Waals surface area contributed by atoms with E-state index in [4.69, 9.17) is 11.6 Å². The summed E-state index contributed by atoms with van der Waals surface area (Å²) in [6, 6.07) is 14.3. The van der Waals surface area contributed by atoms with Crippen LogP contribution in [0.5, 0.6) is 0 Å². The van der Waals surface area contributed by atoms with Gasteiger partial charge in [0.15, 0.2) is 0 Å². The third-order valence-electron chi connectivity index (χ3n) is 3.78. The predicted molar refractivity (Wildman–Crippen MR) is 84.0 cm³/mol. The molecule has 0 amide bonds. The summed E-state index contributed by atoms with van der Waals surface area (Å²) >= 11 is 6.40. The number of fused-ring (bicyclic) bond motifs is 1. The third kappa shape index (κ3) is 2.84. The molecule has 0 spiro atoms. The first kappa shape index (κ1) is 14.6. The van der Waals surface area contributed by atoms with Crippen molar-refractivity contribution in [2.24, 2.45) is 0 Å². The van der Waals surface area contributed by atoms with Crippen molar-refractivity contribution < 1.29 is 8.42 Å². The van der Waals surface area contributed by atoms with Crippen LogP contribution in [-0.4, -0.2) is 14.5 Å². The molecule has 2 aromatic carbocycles. The van der Waals surface area contributed by atoms with Crippen molar-refractivity contribution in [3.05, 3.63) is 65.2 Å². The molecule has 21 heavy (non-hydrogen) atoms. The summed E-state index contributed by atoms with van der Waals surface area (Å²) in [4.78, 5) is 0.271. The Morgan fingerprint density at radius 2 is 1.76 bits per heavy atom. The highest BCUT2D eigenvalue weighted by Gasteiger charge is 2.33.